The fraction of sp³-hybridized carbons (Fsp3) is 0.500. The Balaban J connectivity index is 1.70. The molecule has 1 aromatic carbocycles. The Hall–Kier alpha value is -3.30. The van der Waals surface area contributed by atoms with Crippen molar-refractivity contribution < 1.29 is 23.8 Å². The first kappa shape index (κ1) is 21.4. The summed E-state index contributed by atoms with van der Waals surface area (Å²) < 4.78 is 16.1. The van der Waals surface area contributed by atoms with Crippen LogP contribution >= 0.6 is 0 Å². The topological polar surface area (TPSA) is 114 Å². The van der Waals surface area contributed by atoms with Gasteiger partial charge in [-0.1, -0.05) is 0 Å². The third-order valence-electron chi connectivity index (χ3n) is 4.50. The second-order valence-corrected chi connectivity index (χ2v) is 7.99. The molecule has 2 amide bonds. The molecule has 2 heterocycles. The lowest BCUT2D eigenvalue weighted by molar-refractivity contribution is 0.0154. The molecule has 10 nitrogen and oxygen atoms in total. The number of aromatic amines is 1. The third-order valence-corrected chi connectivity index (χ3v) is 4.50. The van der Waals surface area contributed by atoms with Gasteiger partial charge in [-0.25, -0.2) is 14.6 Å². The summed E-state index contributed by atoms with van der Waals surface area (Å²) in [5.74, 6) is 0.892. The fourth-order valence-electron chi connectivity index (χ4n) is 3.06. The summed E-state index contributed by atoms with van der Waals surface area (Å²) in [5, 5.41) is 0.291. The van der Waals surface area contributed by atoms with Crippen molar-refractivity contribution in [2.45, 2.75) is 33.3 Å². The number of ether oxygens (including phenoxy) is 3. The lowest BCUT2D eigenvalue weighted by atomic mass is 10.2. The largest absolute Gasteiger partial charge is 0.493 e. The van der Waals surface area contributed by atoms with Crippen molar-refractivity contribution in [1.82, 2.24) is 19.8 Å². The van der Waals surface area contributed by atoms with Crippen LogP contribution in [0.4, 0.5) is 9.59 Å². The number of carbonyl (C=O) groups is 2. The van der Waals surface area contributed by atoms with Crippen LogP contribution in [0.3, 0.4) is 0 Å². The van der Waals surface area contributed by atoms with Crippen molar-refractivity contribution in [3.63, 3.8) is 0 Å². The smallest absolute Gasteiger partial charge is 0.415 e. The Labute approximate surface area is 173 Å². The SMILES string of the molecule is COc1cc2nc(C)[nH]c(=O)c2cc1OC(=O)N1CCN(C(=O)OC(C)(C)C)CC1. The van der Waals surface area contributed by atoms with Gasteiger partial charge in [0.25, 0.3) is 5.56 Å². The minimum Gasteiger partial charge on any atom is -0.493 e. The Morgan fingerprint density at radius 2 is 1.63 bits per heavy atom. The summed E-state index contributed by atoms with van der Waals surface area (Å²) in [5.41, 5.74) is -0.465. The van der Waals surface area contributed by atoms with Crippen LogP contribution in [0.2, 0.25) is 0 Å². The van der Waals surface area contributed by atoms with Crippen molar-refractivity contribution in [2.24, 2.45) is 0 Å². The monoisotopic (exact) mass is 418 g/mol. The highest BCUT2D eigenvalue weighted by Gasteiger charge is 2.29. The number of hydrogen-bond acceptors (Lipinski definition) is 7. The number of benzene rings is 1. The quantitative estimate of drug-likeness (QED) is 0.796. The molecule has 1 N–H and O–H groups in total. The van der Waals surface area contributed by atoms with E-state index in [-0.39, 0.29) is 11.3 Å². The first-order valence-corrected chi connectivity index (χ1v) is 9.61. The van der Waals surface area contributed by atoms with E-state index in [1.165, 1.54) is 18.1 Å². The lowest BCUT2D eigenvalue weighted by Crippen LogP contribution is -2.52. The lowest BCUT2D eigenvalue weighted by Gasteiger charge is -2.35. The van der Waals surface area contributed by atoms with E-state index in [1.807, 2.05) is 0 Å². The van der Waals surface area contributed by atoms with Crippen LogP contribution in [0, 0.1) is 6.92 Å². The number of carbonyl (C=O) groups excluding carboxylic acids is 2. The summed E-state index contributed by atoms with van der Waals surface area (Å²) >= 11 is 0. The Morgan fingerprint density at radius 3 is 2.20 bits per heavy atom. The number of rotatable bonds is 2. The zero-order valence-corrected chi connectivity index (χ0v) is 17.8. The molecular weight excluding hydrogens is 392 g/mol. The minimum atomic E-state index is -0.590. The highest BCUT2D eigenvalue weighted by Crippen LogP contribution is 2.31. The second kappa shape index (κ2) is 8.21. The Morgan fingerprint density at radius 1 is 1.03 bits per heavy atom. The van der Waals surface area contributed by atoms with Crippen LogP contribution in [-0.2, 0) is 4.74 Å². The van der Waals surface area contributed by atoms with Gasteiger partial charge in [0.1, 0.15) is 11.4 Å². The maximum absolute atomic E-state index is 12.6. The molecule has 3 rings (SSSR count). The zero-order chi connectivity index (χ0) is 22.1. The average molecular weight is 418 g/mol. The van der Waals surface area contributed by atoms with Crippen LogP contribution in [0.1, 0.15) is 26.6 Å². The standard InChI is InChI=1S/C20H26N4O6/c1-12-21-14-11-15(28-5)16(10-13(14)17(25)22-12)29-18(26)23-6-8-24(9-7-23)19(27)30-20(2,3)4/h10-11H,6-9H2,1-5H3,(H,21,22,25). The van der Waals surface area contributed by atoms with Gasteiger partial charge < -0.3 is 29.0 Å². The van der Waals surface area contributed by atoms with Gasteiger partial charge in [-0.3, -0.25) is 4.79 Å². The summed E-state index contributed by atoms with van der Waals surface area (Å²) in [6, 6.07) is 2.99. The van der Waals surface area contributed by atoms with Crippen LogP contribution < -0.4 is 15.0 Å². The molecule has 1 aliphatic rings. The summed E-state index contributed by atoms with van der Waals surface area (Å²) in [6.45, 7) is 8.36. The Bertz CT molecular complexity index is 1020. The maximum Gasteiger partial charge on any atom is 0.415 e. The van der Waals surface area contributed by atoms with Gasteiger partial charge in [-0.05, 0) is 33.8 Å². The molecule has 1 aliphatic heterocycles. The van der Waals surface area contributed by atoms with E-state index in [4.69, 9.17) is 14.2 Å². The van der Waals surface area contributed by atoms with Gasteiger partial charge in [0, 0.05) is 32.2 Å². The molecular formula is C20H26N4O6. The van der Waals surface area contributed by atoms with Crippen LogP contribution in [0.25, 0.3) is 10.9 Å². The van der Waals surface area contributed by atoms with Crippen molar-refractivity contribution in [1.29, 1.82) is 0 Å². The third kappa shape index (κ3) is 4.81. The van der Waals surface area contributed by atoms with Gasteiger partial charge in [0.2, 0.25) is 0 Å². The number of amides is 2. The molecule has 0 spiro atoms. The minimum absolute atomic E-state index is 0.126. The Kier molecular flexibility index (Phi) is 5.86. The summed E-state index contributed by atoms with van der Waals surface area (Å²) in [4.78, 5) is 46.9. The van der Waals surface area contributed by atoms with Crippen molar-refractivity contribution in [3.8, 4) is 11.5 Å². The van der Waals surface area contributed by atoms with E-state index in [9.17, 15) is 14.4 Å². The van der Waals surface area contributed by atoms with E-state index >= 15 is 0 Å². The average Bonchev–Trinajstić information content (AvgIpc) is 2.66. The van der Waals surface area contributed by atoms with Crippen molar-refractivity contribution in [3.05, 3.63) is 28.3 Å². The summed E-state index contributed by atoms with van der Waals surface area (Å²) in [6.07, 6.45) is -0.998. The molecule has 30 heavy (non-hydrogen) atoms. The van der Waals surface area contributed by atoms with Gasteiger partial charge in [0.15, 0.2) is 11.5 Å². The number of nitrogens with one attached hydrogen (secondary N) is 1. The van der Waals surface area contributed by atoms with Gasteiger partial charge in [0.05, 0.1) is 18.0 Å². The number of H-pyrrole nitrogens is 1. The van der Waals surface area contributed by atoms with E-state index in [0.29, 0.717) is 48.7 Å². The number of methoxy groups -OCH3 is 1. The second-order valence-electron chi connectivity index (χ2n) is 7.99. The van der Waals surface area contributed by atoms with E-state index in [2.05, 4.69) is 9.97 Å². The molecule has 0 aliphatic carbocycles. The zero-order valence-electron chi connectivity index (χ0n) is 17.8. The molecule has 0 unspecified atom stereocenters. The molecule has 0 bridgehead atoms. The van der Waals surface area contributed by atoms with Crippen molar-refractivity contribution in [2.75, 3.05) is 33.3 Å². The van der Waals surface area contributed by atoms with Gasteiger partial charge in [-0.2, -0.15) is 0 Å². The van der Waals surface area contributed by atoms with Gasteiger partial charge >= 0.3 is 12.2 Å². The van der Waals surface area contributed by atoms with Crippen LogP contribution in [0.5, 0.6) is 11.5 Å². The van der Waals surface area contributed by atoms with Crippen LogP contribution in [-0.4, -0.2) is 70.8 Å². The van der Waals surface area contributed by atoms with Crippen molar-refractivity contribution >= 4 is 23.1 Å². The first-order chi connectivity index (χ1) is 14.1. The highest BCUT2D eigenvalue weighted by molar-refractivity contribution is 5.83. The fourth-order valence-corrected chi connectivity index (χ4v) is 3.06. The predicted octanol–water partition coefficient (Wildman–Crippen LogP) is 2.29. The number of hydrogen-bond donors (Lipinski definition) is 1. The van der Waals surface area contributed by atoms with E-state index < -0.39 is 17.8 Å². The normalized spacial score (nSPS) is 14.6. The number of aryl methyl sites for hydroxylation is 1. The molecule has 162 valence electrons. The summed E-state index contributed by atoms with van der Waals surface area (Å²) in [7, 11) is 1.44. The molecule has 0 radical (unpaired) electrons. The molecule has 0 saturated carbocycles. The number of piperazine rings is 1. The molecule has 2 aromatic rings. The predicted molar refractivity (Wildman–Crippen MR) is 109 cm³/mol. The van der Waals surface area contributed by atoms with Gasteiger partial charge in [-0.15, -0.1) is 0 Å². The molecule has 1 saturated heterocycles. The molecule has 10 heteroatoms. The number of aromatic nitrogens is 2. The molecule has 0 atom stereocenters. The maximum atomic E-state index is 12.6. The van der Waals surface area contributed by atoms with Crippen LogP contribution in [0.15, 0.2) is 16.9 Å². The van der Waals surface area contributed by atoms with E-state index in [1.54, 1.807) is 38.7 Å². The number of fused-ring (bicyclic) bond motifs is 1. The molecule has 1 fully saturated rings. The van der Waals surface area contributed by atoms with E-state index in [0.717, 1.165) is 0 Å². The highest BCUT2D eigenvalue weighted by atomic mass is 16.6. The first-order valence-electron chi connectivity index (χ1n) is 9.61. The molecule has 1 aromatic heterocycles. The number of nitrogens with zero attached hydrogens (tertiary/aromatic N) is 3.